The second kappa shape index (κ2) is 10.9. The van der Waals surface area contributed by atoms with Crippen molar-refractivity contribution in [1.82, 2.24) is 4.98 Å². The lowest BCUT2D eigenvalue weighted by Crippen LogP contribution is -2.34. The molecule has 1 aliphatic heterocycles. The van der Waals surface area contributed by atoms with Gasteiger partial charge in [-0.15, -0.1) is 0 Å². The van der Waals surface area contributed by atoms with Gasteiger partial charge in [-0.05, 0) is 54.0 Å². The van der Waals surface area contributed by atoms with Crippen molar-refractivity contribution in [2.45, 2.75) is 64.3 Å². The molecule has 184 valence electrons. The number of aliphatic hydroxyl groups is 2. The molecule has 0 radical (unpaired) electrons. The van der Waals surface area contributed by atoms with Crippen molar-refractivity contribution in [3.63, 3.8) is 0 Å². The van der Waals surface area contributed by atoms with Gasteiger partial charge in [-0.1, -0.05) is 26.0 Å². The predicted octanol–water partition coefficient (Wildman–Crippen LogP) is 3.71. The summed E-state index contributed by atoms with van der Waals surface area (Å²) in [6.45, 7) is 4.01. The number of amides is 1. The lowest BCUT2D eigenvalue weighted by atomic mass is 9.87. The number of rotatable bonds is 9. The van der Waals surface area contributed by atoms with Gasteiger partial charge in [0, 0.05) is 18.3 Å². The van der Waals surface area contributed by atoms with Crippen molar-refractivity contribution in [1.29, 1.82) is 0 Å². The average Bonchev–Trinajstić information content (AvgIpc) is 2.79. The standard InChI is InChI=1S/C25H31FN2O6/c1-14(2)23-19(10-9-17(29)11-18(30)12-21(31)33-4)22(15-5-7-16(26)8-6-15)20-13-34-25(32)28(3)24(20)27-23/h5-8,14,17-18,29-30H,9-13H2,1-4H3. The monoisotopic (exact) mass is 474 g/mol. The van der Waals surface area contributed by atoms with Crippen molar-refractivity contribution < 1.29 is 33.7 Å². The molecular formula is C25H31FN2O6. The molecule has 1 amide bonds. The van der Waals surface area contributed by atoms with Crippen LogP contribution >= 0.6 is 0 Å². The molecule has 2 heterocycles. The Morgan fingerprint density at radius 1 is 1.24 bits per heavy atom. The largest absolute Gasteiger partial charge is 0.469 e. The van der Waals surface area contributed by atoms with Crippen molar-refractivity contribution in [2.75, 3.05) is 19.1 Å². The van der Waals surface area contributed by atoms with Crippen molar-refractivity contribution in [3.8, 4) is 11.1 Å². The van der Waals surface area contributed by atoms with Crippen molar-refractivity contribution >= 4 is 17.9 Å². The van der Waals surface area contributed by atoms with Crippen LogP contribution in [-0.2, 0) is 27.3 Å². The number of pyridine rings is 1. The summed E-state index contributed by atoms with van der Waals surface area (Å²) in [4.78, 5) is 29.7. The Hall–Kier alpha value is -3.04. The Bertz CT molecular complexity index is 1040. The molecule has 1 aliphatic rings. The van der Waals surface area contributed by atoms with Crippen LogP contribution in [0.5, 0.6) is 0 Å². The highest BCUT2D eigenvalue weighted by atomic mass is 19.1. The zero-order chi connectivity index (χ0) is 25.0. The van der Waals surface area contributed by atoms with Gasteiger partial charge in [0.1, 0.15) is 18.2 Å². The summed E-state index contributed by atoms with van der Waals surface area (Å²) in [5.41, 5.74) is 3.90. The lowest BCUT2D eigenvalue weighted by molar-refractivity contribution is -0.143. The minimum atomic E-state index is -1.02. The Balaban J connectivity index is 2.00. The minimum Gasteiger partial charge on any atom is -0.469 e. The number of carbonyl (C=O) groups excluding carboxylic acids is 2. The molecule has 0 saturated carbocycles. The molecule has 1 aromatic carbocycles. The number of benzene rings is 1. The van der Waals surface area contributed by atoms with E-state index in [2.05, 4.69) is 4.74 Å². The molecule has 0 spiro atoms. The summed E-state index contributed by atoms with van der Waals surface area (Å²) in [5.74, 6) is -0.404. The summed E-state index contributed by atoms with van der Waals surface area (Å²) in [6, 6.07) is 6.09. The number of halogens is 1. The third-order valence-corrected chi connectivity index (χ3v) is 5.92. The maximum Gasteiger partial charge on any atom is 0.415 e. The number of nitrogens with zero attached hydrogens (tertiary/aromatic N) is 2. The van der Waals surface area contributed by atoms with Crippen LogP contribution in [0.2, 0.25) is 0 Å². The summed E-state index contributed by atoms with van der Waals surface area (Å²) in [7, 11) is 2.84. The summed E-state index contributed by atoms with van der Waals surface area (Å²) in [6.07, 6.45) is -1.81. The molecule has 0 saturated heterocycles. The highest BCUT2D eigenvalue weighted by molar-refractivity contribution is 5.91. The van der Waals surface area contributed by atoms with Crippen LogP contribution in [0.3, 0.4) is 0 Å². The van der Waals surface area contributed by atoms with Crippen molar-refractivity contribution in [3.05, 3.63) is 46.9 Å². The third kappa shape index (κ3) is 5.71. The van der Waals surface area contributed by atoms with Gasteiger partial charge >= 0.3 is 12.1 Å². The zero-order valence-electron chi connectivity index (χ0n) is 19.9. The first-order valence-electron chi connectivity index (χ1n) is 11.3. The Labute approximate surface area is 198 Å². The van der Waals surface area contributed by atoms with Crippen LogP contribution in [0.4, 0.5) is 15.0 Å². The SMILES string of the molecule is COC(=O)CC(O)CC(O)CCc1c(C(C)C)nc2c(c1-c1ccc(F)cc1)COC(=O)N2C. The van der Waals surface area contributed by atoms with E-state index in [1.54, 1.807) is 19.2 Å². The predicted molar refractivity (Wildman–Crippen MR) is 124 cm³/mol. The van der Waals surface area contributed by atoms with E-state index < -0.39 is 24.3 Å². The number of cyclic esters (lactones) is 1. The number of methoxy groups -OCH3 is 1. The summed E-state index contributed by atoms with van der Waals surface area (Å²) < 4.78 is 23.6. The van der Waals surface area contributed by atoms with Crippen LogP contribution in [0, 0.1) is 5.82 Å². The summed E-state index contributed by atoms with van der Waals surface area (Å²) in [5, 5.41) is 20.6. The Kier molecular flexibility index (Phi) is 8.22. The molecule has 0 fully saturated rings. The second-order valence-corrected chi connectivity index (χ2v) is 8.79. The first-order valence-corrected chi connectivity index (χ1v) is 11.3. The number of fused-ring (bicyclic) bond motifs is 1. The van der Waals surface area contributed by atoms with Gasteiger partial charge in [0.05, 0.1) is 25.7 Å². The van der Waals surface area contributed by atoms with Gasteiger partial charge in [-0.3, -0.25) is 9.69 Å². The number of hydrogen-bond donors (Lipinski definition) is 2. The third-order valence-electron chi connectivity index (χ3n) is 5.92. The molecule has 3 rings (SSSR count). The molecule has 8 nitrogen and oxygen atoms in total. The van der Waals surface area contributed by atoms with E-state index in [9.17, 15) is 24.2 Å². The molecule has 9 heteroatoms. The highest BCUT2D eigenvalue weighted by Crippen LogP contribution is 2.40. The zero-order valence-corrected chi connectivity index (χ0v) is 19.9. The number of hydrogen-bond acceptors (Lipinski definition) is 7. The van der Waals surface area contributed by atoms with E-state index >= 15 is 0 Å². The average molecular weight is 475 g/mol. The number of ether oxygens (including phenoxy) is 2. The highest BCUT2D eigenvalue weighted by Gasteiger charge is 2.31. The molecular weight excluding hydrogens is 443 g/mol. The Morgan fingerprint density at radius 3 is 2.53 bits per heavy atom. The lowest BCUT2D eigenvalue weighted by Gasteiger charge is -2.30. The topological polar surface area (TPSA) is 109 Å². The fraction of sp³-hybridized carbons (Fsp3) is 0.480. The van der Waals surface area contributed by atoms with Crippen LogP contribution in [-0.4, -0.2) is 53.6 Å². The first-order chi connectivity index (χ1) is 16.1. The molecule has 1 aromatic heterocycles. The van der Waals surface area contributed by atoms with Gasteiger partial charge in [-0.2, -0.15) is 0 Å². The van der Waals surface area contributed by atoms with E-state index in [1.165, 1.54) is 24.1 Å². The normalized spacial score (nSPS) is 15.1. The molecule has 0 aliphatic carbocycles. The number of anilines is 1. The van der Waals surface area contributed by atoms with Gasteiger partial charge in [-0.25, -0.2) is 14.2 Å². The van der Waals surface area contributed by atoms with Crippen LogP contribution < -0.4 is 4.90 Å². The molecule has 2 N–H and O–H groups in total. The first kappa shape index (κ1) is 25.6. The molecule has 2 aromatic rings. The van der Waals surface area contributed by atoms with Gasteiger partial charge in [0.15, 0.2) is 0 Å². The van der Waals surface area contributed by atoms with Crippen LogP contribution in [0.1, 0.15) is 55.8 Å². The van der Waals surface area contributed by atoms with Crippen LogP contribution in [0.15, 0.2) is 24.3 Å². The quantitative estimate of drug-likeness (QED) is 0.533. The number of aromatic nitrogens is 1. The number of carbonyl (C=O) groups is 2. The molecule has 34 heavy (non-hydrogen) atoms. The van der Waals surface area contributed by atoms with E-state index in [0.717, 1.165) is 22.4 Å². The van der Waals surface area contributed by atoms with Gasteiger partial charge in [0.25, 0.3) is 0 Å². The maximum atomic E-state index is 13.7. The molecule has 0 bridgehead atoms. The molecule has 2 unspecified atom stereocenters. The Morgan fingerprint density at radius 2 is 1.91 bits per heavy atom. The number of esters is 1. The maximum absolute atomic E-state index is 13.7. The van der Waals surface area contributed by atoms with Crippen LogP contribution in [0.25, 0.3) is 11.1 Å². The summed E-state index contributed by atoms with van der Waals surface area (Å²) >= 11 is 0. The van der Waals surface area contributed by atoms with Gasteiger partial charge < -0.3 is 19.7 Å². The van der Waals surface area contributed by atoms with Crippen molar-refractivity contribution in [2.24, 2.45) is 0 Å². The van der Waals surface area contributed by atoms with E-state index in [0.29, 0.717) is 24.2 Å². The smallest absolute Gasteiger partial charge is 0.415 e. The second-order valence-electron chi connectivity index (χ2n) is 8.79. The number of aliphatic hydroxyl groups excluding tert-OH is 2. The minimum absolute atomic E-state index is 0.00732. The fourth-order valence-corrected chi connectivity index (χ4v) is 4.20. The van der Waals surface area contributed by atoms with E-state index in [1.807, 2.05) is 13.8 Å². The van der Waals surface area contributed by atoms with E-state index in [4.69, 9.17) is 9.72 Å². The van der Waals surface area contributed by atoms with Gasteiger partial charge in [0.2, 0.25) is 0 Å². The van der Waals surface area contributed by atoms with E-state index in [-0.39, 0.29) is 31.2 Å². The fourth-order valence-electron chi connectivity index (χ4n) is 4.20. The molecule has 2 atom stereocenters.